The molecule has 3 nitrogen and oxygen atoms in total. The largest absolute Gasteiger partial charge is 0.405 e. The van der Waals surface area contributed by atoms with Gasteiger partial charge in [0, 0.05) is 6.07 Å². The van der Waals surface area contributed by atoms with E-state index in [1.807, 2.05) is 5.32 Å². The third-order valence-electron chi connectivity index (χ3n) is 1.58. The molecular formula is C8H7F6N3. The van der Waals surface area contributed by atoms with Crippen LogP contribution < -0.4 is 5.32 Å². The Morgan fingerprint density at radius 3 is 2.18 bits per heavy atom. The molecule has 1 aromatic heterocycles. The molecule has 96 valence electrons. The van der Waals surface area contributed by atoms with Gasteiger partial charge in [-0.1, -0.05) is 0 Å². The molecule has 0 atom stereocenters. The normalized spacial score (nSPS) is 12.6. The predicted molar refractivity (Wildman–Crippen MR) is 46.3 cm³/mol. The molecule has 0 aliphatic rings. The summed E-state index contributed by atoms with van der Waals surface area (Å²) in [5, 5.41) is 1.87. The number of nitrogens with one attached hydrogen (secondary N) is 1. The van der Waals surface area contributed by atoms with E-state index < -0.39 is 31.0 Å². The summed E-state index contributed by atoms with van der Waals surface area (Å²) in [5.74, 6) is -0.295. The third-order valence-corrected chi connectivity index (χ3v) is 1.58. The Balaban J connectivity index is 2.66. The van der Waals surface area contributed by atoms with E-state index >= 15 is 0 Å². The molecule has 0 aromatic carbocycles. The molecule has 1 rings (SSSR count). The van der Waals surface area contributed by atoms with Crippen molar-refractivity contribution in [1.82, 2.24) is 9.97 Å². The second-order valence-corrected chi connectivity index (χ2v) is 3.16. The molecule has 1 aromatic rings. The van der Waals surface area contributed by atoms with Crippen LogP contribution in [0.2, 0.25) is 0 Å². The van der Waals surface area contributed by atoms with Gasteiger partial charge in [-0.15, -0.1) is 0 Å². The molecule has 0 saturated heterocycles. The van der Waals surface area contributed by atoms with Crippen LogP contribution in [0.5, 0.6) is 0 Å². The minimum Gasteiger partial charge on any atom is -0.361 e. The molecule has 0 aliphatic carbocycles. The van der Waals surface area contributed by atoms with Crippen LogP contribution >= 0.6 is 0 Å². The first-order valence-corrected chi connectivity index (χ1v) is 4.34. The van der Waals surface area contributed by atoms with E-state index in [2.05, 4.69) is 9.97 Å². The van der Waals surface area contributed by atoms with Crippen LogP contribution in [-0.4, -0.2) is 28.9 Å². The van der Waals surface area contributed by atoms with Crippen molar-refractivity contribution in [2.45, 2.75) is 18.8 Å². The van der Waals surface area contributed by atoms with Crippen LogP contribution in [-0.2, 0) is 6.42 Å². The van der Waals surface area contributed by atoms with Crippen molar-refractivity contribution < 1.29 is 26.3 Å². The summed E-state index contributed by atoms with van der Waals surface area (Å²) in [7, 11) is 0. The minimum atomic E-state index is -4.46. The standard InChI is InChI=1S/C8H7F6N3/c9-7(10,11)2-5-1-6(17-4-16-5)15-3-8(12,13)14/h1,4H,2-3H2,(H,15,16,17). The van der Waals surface area contributed by atoms with Crippen LogP contribution in [0.1, 0.15) is 5.69 Å². The van der Waals surface area contributed by atoms with E-state index in [1.165, 1.54) is 0 Å². The summed E-state index contributed by atoms with van der Waals surface area (Å²) in [4.78, 5) is 6.70. The molecule has 9 heteroatoms. The van der Waals surface area contributed by atoms with Gasteiger partial charge in [0.15, 0.2) is 0 Å². The highest BCUT2D eigenvalue weighted by atomic mass is 19.4. The Hall–Kier alpha value is -1.54. The van der Waals surface area contributed by atoms with Crippen molar-refractivity contribution in [3.63, 3.8) is 0 Å². The predicted octanol–water partition coefficient (Wildman–Crippen LogP) is 2.56. The van der Waals surface area contributed by atoms with Crippen LogP contribution in [0.15, 0.2) is 12.4 Å². The Kier molecular flexibility index (Phi) is 3.79. The number of nitrogens with zero attached hydrogens (tertiary/aromatic N) is 2. The molecule has 0 unspecified atom stereocenters. The average Bonchev–Trinajstić information content (AvgIpc) is 2.11. The van der Waals surface area contributed by atoms with Crippen molar-refractivity contribution in [3.8, 4) is 0 Å². The number of halogens is 6. The minimum absolute atomic E-state index is 0.295. The Bertz CT molecular complexity index is 372. The van der Waals surface area contributed by atoms with E-state index in [-0.39, 0.29) is 5.82 Å². The van der Waals surface area contributed by atoms with Crippen molar-refractivity contribution in [2.24, 2.45) is 0 Å². The fourth-order valence-corrected chi connectivity index (χ4v) is 0.987. The van der Waals surface area contributed by atoms with E-state index in [1.54, 1.807) is 0 Å². The van der Waals surface area contributed by atoms with Crippen LogP contribution in [0.25, 0.3) is 0 Å². The number of rotatable bonds is 3. The van der Waals surface area contributed by atoms with Gasteiger partial charge >= 0.3 is 12.4 Å². The smallest absolute Gasteiger partial charge is 0.361 e. The molecule has 1 heterocycles. The zero-order valence-corrected chi connectivity index (χ0v) is 8.23. The molecule has 0 saturated carbocycles. The number of hydrogen-bond donors (Lipinski definition) is 1. The lowest BCUT2D eigenvalue weighted by molar-refractivity contribution is -0.127. The highest BCUT2D eigenvalue weighted by molar-refractivity contribution is 5.35. The van der Waals surface area contributed by atoms with Gasteiger partial charge < -0.3 is 5.32 Å². The topological polar surface area (TPSA) is 37.8 Å². The van der Waals surface area contributed by atoms with Gasteiger partial charge in [-0.2, -0.15) is 26.3 Å². The SMILES string of the molecule is FC(F)(F)CNc1cc(CC(F)(F)F)ncn1. The average molecular weight is 259 g/mol. The van der Waals surface area contributed by atoms with Gasteiger partial charge in [0.1, 0.15) is 18.7 Å². The zero-order valence-electron chi connectivity index (χ0n) is 8.23. The third kappa shape index (κ3) is 5.93. The second kappa shape index (κ2) is 4.76. The van der Waals surface area contributed by atoms with E-state index in [4.69, 9.17) is 0 Å². The van der Waals surface area contributed by atoms with Gasteiger partial charge in [-0.3, -0.25) is 0 Å². The maximum atomic E-state index is 12.0. The van der Waals surface area contributed by atoms with Crippen molar-refractivity contribution >= 4 is 5.82 Å². The van der Waals surface area contributed by atoms with Crippen molar-refractivity contribution in [2.75, 3.05) is 11.9 Å². The lowest BCUT2D eigenvalue weighted by atomic mass is 10.3. The van der Waals surface area contributed by atoms with Gasteiger partial charge in [-0.05, 0) is 0 Å². The van der Waals surface area contributed by atoms with Gasteiger partial charge in [0.2, 0.25) is 0 Å². The van der Waals surface area contributed by atoms with E-state index in [0.29, 0.717) is 0 Å². The highest BCUT2D eigenvalue weighted by Gasteiger charge is 2.29. The molecule has 0 amide bonds. The second-order valence-electron chi connectivity index (χ2n) is 3.16. The first-order chi connectivity index (χ1) is 7.66. The summed E-state index contributed by atoms with van der Waals surface area (Å²) < 4.78 is 71.4. The summed E-state index contributed by atoms with van der Waals surface area (Å²) in [6.07, 6.45) is -9.46. The monoisotopic (exact) mass is 259 g/mol. The van der Waals surface area contributed by atoms with Crippen molar-refractivity contribution in [1.29, 1.82) is 0 Å². The van der Waals surface area contributed by atoms with Crippen molar-refractivity contribution in [3.05, 3.63) is 18.1 Å². The summed E-state index contributed by atoms with van der Waals surface area (Å²) in [6.45, 7) is -1.37. The molecule has 0 fully saturated rings. The Morgan fingerprint density at radius 2 is 1.65 bits per heavy atom. The van der Waals surface area contributed by atoms with Gasteiger partial charge in [0.25, 0.3) is 0 Å². The summed E-state index contributed by atoms with van der Waals surface area (Å²) in [5.41, 5.74) is -0.392. The van der Waals surface area contributed by atoms with Crippen LogP contribution in [0.4, 0.5) is 32.2 Å². The maximum absolute atomic E-state index is 12.0. The summed E-state index contributed by atoms with van der Waals surface area (Å²) in [6, 6.07) is 0.833. The lowest BCUT2D eigenvalue weighted by Gasteiger charge is -2.10. The van der Waals surface area contributed by atoms with Crippen LogP contribution in [0.3, 0.4) is 0 Å². The maximum Gasteiger partial charge on any atom is 0.405 e. The number of aromatic nitrogens is 2. The first-order valence-electron chi connectivity index (χ1n) is 4.34. The van der Waals surface area contributed by atoms with E-state index in [9.17, 15) is 26.3 Å². The fourth-order valence-electron chi connectivity index (χ4n) is 0.987. The quantitative estimate of drug-likeness (QED) is 0.848. The zero-order chi connectivity index (χ0) is 13.1. The fraction of sp³-hybridized carbons (Fsp3) is 0.500. The number of hydrogen-bond acceptors (Lipinski definition) is 3. The Labute approximate surface area is 91.9 Å². The molecule has 0 radical (unpaired) electrons. The molecule has 0 bridgehead atoms. The lowest BCUT2D eigenvalue weighted by Crippen LogP contribution is -2.22. The Morgan fingerprint density at radius 1 is 1.00 bits per heavy atom. The highest BCUT2D eigenvalue weighted by Crippen LogP contribution is 2.21. The molecule has 0 spiro atoms. The molecule has 1 N–H and O–H groups in total. The molecule has 17 heavy (non-hydrogen) atoms. The van der Waals surface area contributed by atoms with Crippen LogP contribution in [0, 0.1) is 0 Å². The molecule has 0 aliphatic heterocycles. The number of anilines is 1. The van der Waals surface area contributed by atoms with Gasteiger partial charge in [0.05, 0.1) is 12.1 Å². The van der Waals surface area contributed by atoms with E-state index in [0.717, 1.165) is 12.4 Å². The first kappa shape index (κ1) is 13.5. The number of alkyl halides is 6. The molecular weight excluding hydrogens is 252 g/mol. The van der Waals surface area contributed by atoms with Gasteiger partial charge in [-0.25, -0.2) is 9.97 Å². The summed E-state index contributed by atoms with van der Waals surface area (Å²) >= 11 is 0.